The highest BCUT2D eigenvalue weighted by molar-refractivity contribution is 5.96. The van der Waals surface area contributed by atoms with Gasteiger partial charge in [0.15, 0.2) is 0 Å². The Morgan fingerprint density at radius 1 is 0.880 bits per heavy atom. The van der Waals surface area contributed by atoms with Crippen LogP contribution in [0.2, 0.25) is 0 Å². The second-order valence-corrected chi connectivity index (χ2v) is 5.85. The van der Waals surface area contributed by atoms with Gasteiger partial charge in [-0.3, -0.25) is 0 Å². The highest BCUT2D eigenvalue weighted by atomic mass is 16.4. The van der Waals surface area contributed by atoms with Gasteiger partial charge in [-0.1, -0.05) is 66.2 Å². The highest BCUT2D eigenvalue weighted by Crippen LogP contribution is 2.24. The second-order valence-electron chi connectivity index (χ2n) is 5.85. The van der Waals surface area contributed by atoms with Gasteiger partial charge in [0.25, 0.3) is 0 Å². The molecule has 3 nitrogen and oxygen atoms in total. The second kappa shape index (κ2) is 7.49. The van der Waals surface area contributed by atoms with Crippen molar-refractivity contribution in [3.05, 3.63) is 95.1 Å². The van der Waals surface area contributed by atoms with Gasteiger partial charge in [-0.25, -0.2) is 4.79 Å². The molecule has 0 atom stereocenters. The Bertz CT molecular complexity index is 897. The Labute approximate surface area is 147 Å². The van der Waals surface area contributed by atoms with E-state index in [2.05, 4.69) is 5.32 Å². The first-order chi connectivity index (χ1) is 12.1. The molecule has 2 N–H and O–H groups in total. The Balaban J connectivity index is 1.90. The fourth-order valence-corrected chi connectivity index (χ4v) is 2.50. The zero-order valence-electron chi connectivity index (χ0n) is 13.9. The summed E-state index contributed by atoms with van der Waals surface area (Å²) in [5, 5.41) is 12.6. The summed E-state index contributed by atoms with van der Waals surface area (Å²) in [5.41, 5.74) is 4.87. The number of hydrogen-bond acceptors (Lipinski definition) is 2. The van der Waals surface area contributed by atoms with Crippen molar-refractivity contribution < 1.29 is 9.90 Å². The molecule has 0 saturated carbocycles. The van der Waals surface area contributed by atoms with Crippen LogP contribution in [-0.2, 0) is 0 Å². The van der Waals surface area contributed by atoms with Gasteiger partial charge in [0.05, 0.1) is 11.3 Å². The lowest BCUT2D eigenvalue weighted by molar-refractivity contribution is 0.0698. The van der Waals surface area contributed by atoms with E-state index in [0.29, 0.717) is 5.69 Å². The Morgan fingerprint density at radius 2 is 1.56 bits per heavy atom. The van der Waals surface area contributed by atoms with Crippen molar-refractivity contribution in [2.75, 3.05) is 5.32 Å². The molecule has 3 heteroatoms. The summed E-state index contributed by atoms with van der Waals surface area (Å²) in [7, 11) is 0. The van der Waals surface area contributed by atoms with E-state index in [1.165, 1.54) is 0 Å². The summed E-state index contributed by atoms with van der Waals surface area (Å²) in [5.74, 6) is -0.951. The van der Waals surface area contributed by atoms with Crippen LogP contribution < -0.4 is 5.32 Å². The van der Waals surface area contributed by atoms with E-state index in [1.54, 1.807) is 6.07 Å². The lowest BCUT2D eigenvalue weighted by atomic mass is 10.1. The zero-order valence-corrected chi connectivity index (χ0v) is 13.9. The first kappa shape index (κ1) is 16.5. The van der Waals surface area contributed by atoms with E-state index in [-0.39, 0.29) is 5.56 Å². The van der Waals surface area contributed by atoms with Crippen molar-refractivity contribution in [2.45, 2.75) is 6.92 Å². The molecule has 0 spiro atoms. The largest absolute Gasteiger partial charge is 0.478 e. The van der Waals surface area contributed by atoms with E-state index in [4.69, 9.17) is 0 Å². The van der Waals surface area contributed by atoms with E-state index >= 15 is 0 Å². The van der Waals surface area contributed by atoms with Crippen molar-refractivity contribution >= 4 is 29.5 Å². The first-order valence-electron chi connectivity index (χ1n) is 8.06. The normalized spacial score (nSPS) is 10.8. The maximum Gasteiger partial charge on any atom is 0.337 e. The lowest BCUT2D eigenvalue weighted by Gasteiger charge is -2.11. The molecule has 0 saturated heterocycles. The van der Waals surface area contributed by atoms with Crippen LogP contribution in [0.15, 0.2) is 72.8 Å². The van der Waals surface area contributed by atoms with Crippen molar-refractivity contribution in [1.82, 2.24) is 0 Å². The predicted octanol–water partition coefficient (Wildman–Crippen LogP) is 5.61. The Morgan fingerprint density at radius 3 is 2.24 bits per heavy atom. The van der Waals surface area contributed by atoms with Crippen LogP contribution in [-0.4, -0.2) is 11.1 Å². The summed E-state index contributed by atoms with van der Waals surface area (Å²) in [6, 6.07) is 23.1. The monoisotopic (exact) mass is 329 g/mol. The fraction of sp³-hybridized carbons (Fsp3) is 0.0455. The molecule has 0 fully saturated rings. The van der Waals surface area contributed by atoms with Crippen molar-refractivity contribution in [3.63, 3.8) is 0 Å². The van der Waals surface area contributed by atoms with Gasteiger partial charge < -0.3 is 10.4 Å². The van der Waals surface area contributed by atoms with E-state index in [9.17, 15) is 9.90 Å². The molecule has 3 aromatic rings. The number of aromatic carboxylic acids is 1. The lowest BCUT2D eigenvalue weighted by Crippen LogP contribution is -2.03. The standard InChI is InChI=1S/C22H19NO2/c1-16-7-12-19(13-8-16)23-21-15-18(11-14-20(21)22(24)25)10-9-17-5-3-2-4-6-17/h2-15,23H,1H3,(H,24,25). The quantitative estimate of drug-likeness (QED) is 0.598. The van der Waals surface area contributed by atoms with Crippen LogP contribution in [0.3, 0.4) is 0 Å². The Kier molecular flexibility index (Phi) is 4.95. The zero-order chi connectivity index (χ0) is 17.6. The molecule has 25 heavy (non-hydrogen) atoms. The van der Waals surface area contributed by atoms with Crippen LogP contribution in [0.25, 0.3) is 12.2 Å². The number of hydrogen-bond donors (Lipinski definition) is 2. The van der Waals surface area contributed by atoms with Gasteiger partial charge in [-0.05, 0) is 42.3 Å². The minimum absolute atomic E-state index is 0.248. The summed E-state index contributed by atoms with van der Waals surface area (Å²) < 4.78 is 0. The molecule has 0 aliphatic carbocycles. The number of rotatable bonds is 5. The van der Waals surface area contributed by atoms with Gasteiger partial charge in [0.1, 0.15) is 0 Å². The van der Waals surface area contributed by atoms with Gasteiger partial charge in [-0.2, -0.15) is 0 Å². The SMILES string of the molecule is Cc1ccc(Nc2cc(C=Cc3ccccc3)ccc2C(=O)O)cc1. The molecule has 0 unspecified atom stereocenters. The van der Waals surface area contributed by atoms with Crippen LogP contribution in [0, 0.1) is 6.92 Å². The predicted molar refractivity (Wildman–Crippen MR) is 103 cm³/mol. The van der Waals surface area contributed by atoms with Gasteiger partial charge >= 0.3 is 5.97 Å². The van der Waals surface area contributed by atoms with Gasteiger partial charge in [0, 0.05) is 5.69 Å². The molecule has 124 valence electrons. The van der Waals surface area contributed by atoms with Crippen molar-refractivity contribution in [1.29, 1.82) is 0 Å². The first-order valence-corrected chi connectivity index (χ1v) is 8.06. The number of carboxylic acid groups (broad SMARTS) is 1. The topological polar surface area (TPSA) is 49.3 Å². The summed E-state index contributed by atoms with van der Waals surface area (Å²) in [6.45, 7) is 2.02. The molecule has 0 bridgehead atoms. The van der Waals surface area contributed by atoms with Crippen LogP contribution in [0.4, 0.5) is 11.4 Å². The molecule has 0 amide bonds. The average molecular weight is 329 g/mol. The number of carboxylic acids is 1. The molecule has 0 radical (unpaired) electrons. The van der Waals surface area contributed by atoms with Crippen LogP contribution >= 0.6 is 0 Å². The van der Waals surface area contributed by atoms with Gasteiger partial charge in [0.2, 0.25) is 0 Å². The third-order valence-corrected chi connectivity index (χ3v) is 3.87. The fourth-order valence-electron chi connectivity index (χ4n) is 2.50. The highest BCUT2D eigenvalue weighted by Gasteiger charge is 2.10. The van der Waals surface area contributed by atoms with Gasteiger partial charge in [-0.15, -0.1) is 0 Å². The maximum absolute atomic E-state index is 11.5. The number of carbonyl (C=O) groups is 1. The third-order valence-electron chi connectivity index (χ3n) is 3.87. The van der Waals surface area contributed by atoms with Crippen molar-refractivity contribution in [3.8, 4) is 0 Å². The summed E-state index contributed by atoms with van der Waals surface area (Å²) in [4.78, 5) is 11.5. The molecule has 3 rings (SSSR count). The van der Waals surface area contributed by atoms with Crippen LogP contribution in [0.1, 0.15) is 27.0 Å². The summed E-state index contributed by atoms with van der Waals surface area (Å²) >= 11 is 0. The number of anilines is 2. The average Bonchev–Trinajstić information content (AvgIpc) is 2.63. The van der Waals surface area contributed by atoms with Crippen molar-refractivity contribution in [2.24, 2.45) is 0 Å². The van der Waals surface area contributed by atoms with E-state index in [1.807, 2.05) is 85.8 Å². The molecular formula is C22H19NO2. The van der Waals surface area contributed by atoms with Crippen LogP contribution in [0.5, 0.6) is 0 Å². The third kappa shape index (κ3) is 4.36. The number of aryl methyl sites for hydroxylation is 1. The Hall–Kier alpha value is -3.33. The molecule has 3 aromatic carbocycles. The molecule has 0 heterocycles. The summed E-state index contributed by atoms with van der Waals surface area (Å²) in [6.07, 6.45) is 3.98. The smallest absolute Gasteiger partial charge is 0.337 e. The number of benzene rings is 3. The maximum atomic E-state index is 11.5. The minimum atomic E-state index is -0.951. The molecular weight excluding hydrogens is 310 g/mol. The molecule has 0 aliphatic rings. The molecule has 0 aromatic heterocycles. The van der Waals surface area contributed by atoms with E-state index < -0.39 is 5.97 Å². The minimum Gasteiger partial charge on any atom is -0.478 e. The molecule has 0 aliphatic heterocycles. The number of nitrogens with one attached hydrogen (secondary N) is 1. The van der Waals surface area contributed by atoms with E-state index in [0.717, 1.165) is 22.4 Å².